The van der Waals surface area contributed by atoms with Gasteiger partial charge in [-0.15, -0.1) is 0 Å². The quantitative estimate of drug-likeness (QED) is 0.361. The van der Waals surface area contributed by atoms with E-state index in [1.54, 1.807) is 0 Å². The minimum atomic E-state index is -0.226. The van der Waals surface area contributed by atoms with Crippen LogP contribution < -0.4 is 16.0 Å². The molecule has 0 aromatic rings. The maximum absolute atomic E-state index is 11.8. The van der Waals surface area contributed by atoms with E-state index in [1.807, 2.05) is 27.7 Å². The lowest BCUT2D eigenvalue weighted by Gasteiger charge is -2.20. The highest BCUT2D eigenvalue weighted by Crippen LogP contribution is 2.20. The van der Waals surface area contributed by atoms with Gasteiger partial charge < -0.3 is 20.7 Å². The molecule has 23 heavy (non-hydrogen) atoms. The molecule has 134 valence electrons. The number of hydrogen-bond donors (Lipinski definition) is 3. The molecule has 1 aliphatic carbocycles. The van der Waals surface area contributed by atoms with Crippen molar-refractivity contribution < 1.29 is 9.53 Å². The number of carbonyl (C=O) groups is 1. The van der Waals surface area contributed by atoms with Gasteiger partial charge in [0.25, 0.3) is 0 Å². The molecular formula is C17H34N4O2. The van der Waals surface area contributed by atoms with Crippen LogP contribution in [0, 0.1) is 0 Å². The summed E-state index contributed by atoms with van der Waals surface area (Å²) in [6.07, 6.45) is 6.43. The van der Waals surface area contributed by atoms with Crippen molar-refractivity contribution in [3.63, 3.8) is 0 Å². The van der Waals surface area contributed by atoms with E-state index in [4.69, 9.17) is 4.74 Å². The summed E-state index contributed by atoms with van der Waals surface area (Å²) in [5, 5.41) is 9.30. The lowest BCUT2D eigenvalue weighted by Crippen LogP contribution is -2.43. The Morgan fingerprint density at radius 3 is 2.52 bits per heavy atom. The third-order valence-corrected chi connectivity index (χ3v) is 3.51. The van der Waals surface area contributed by atoms with Crippen molar-refractivity contribution in [1.29, 1.82) is 0 Å². The minimum Gasteiger partial charge on any atom is -0.378 e. The van der Waals surface area contributed by atoms with E-state index in [1.165, 1.54) is 25.7 Å². The van der Waals surface area contributed by atoms with Gasteiger partial charge in [0.05, 0.1) is 6.10 Å². The Morgan fingerprint density at radius 1 is 1.22 bits per heavy atom. The molecule has 0 radical (unpaired) electrons. The second-order valence-corrected chi connectivity index (χ2v) is 7.05. The Balaban J connectivity index is 2.21. The van der Waals surface area contributed by atoms with Gasteiger partial charge in [0, 0.05) is 25.2 Å². The van der Waals surface area contributed by atoms with Crippen LogP contribution in [0.15, 0.2) is 4.99 Å². The number of guanidine groups is 1. The van der Waals surface area contributed by atoms with Crippen LogP contribution in [0.25, 0.3) is 0 Å². The molecule has 1 aliphatic rings. The van der Waals surface area contributed by atoms with Crippen LogP contribution in [0.4, 0.5) is 0 Å². The summed E-state index contributed by atoms with van der Waals surface area (Å²) >= 11 is 0. The summed E-state index contributed by atoms with van der Waals surface area (Å²) in [4.78, 5) is 16.1. The first-order valence-electron chi connectivity index (χ1n) is 8.85. The second-order valence-electron chi connectivity index (χ2n) is 7.05. The molecule has 1 fully saturated rings. The van der Waals surface area contributed by atoms with Gasteiger partial charge in [0.15, 0.2) is 5.96 Å². The number of nitrogens with one attached hydrogen (secondary N) is 3. The number of hydrogen-bond acceptors (Lipinski definition) is 3. The smallest absolute Gasteiger partial charge is 0.242 e. The van der Waals surface area contributed by atoms with Crippen molar-refractivity contribution >= 4 is 11.9 Å². The Bertz CT molecular complexity index is 371. The average molecular weight is 326 g/mol. The summed E-state index contributed by atoms with van der Waals surface area (Å²) in [5.41, 5.74) is -0.226. The van der Waals surface area contributed by atoms with Crippen LogP contribution in [0.5, 0.6) is 0 Å². The number of aliphatic imine (C=N–C) groups is 1. The third-order valence-electron chi connectivity index (χ3n) is 3.51. The van der Waals surface area contributed by atoms with Crippen molar-refractivity contribution in [2.45, 2.75) is 71.4 Å². The number of amides is 1. The first-order chi connectivity index (χ1) is 10.9. The van der Waals surface area contributed by atoms with E-state index >= 15 is 0 Å². The average Bonchev–Trinajstić information content (AvgIpc) is 2.95. The van der Waals surface area contributed by atoms with E-state index < -0.39 is 0 Å². The van der Waals surface area contributed by atoms with Crippen LogP contribution in [0.3, 0.4) is 0 Å². The molecule has 0 aromatic carbocycles. The monoisotopic (exact) mass is 326 g/mol. The van der Waals surface area contributed by atoms with E-state index in [9.17, 15) is 4.79 Å². The van der Waals surface area contributed by atoms with Crippen molar-refractivity contribution in [2.75, 3.05) is 26.2 Å². The fourth-order valence-electron chi connectivity index (χ4n) is 2.53. The van der Waals surface area contributed by atoms with Crippen molar-refractivity contribution in [3.05, 3.63) is 0 Å². The molecular weight excluding hydrogens is 292 g/mol. The Kier molecular flexibility index (Phi) is 8.99. The lowest BCUT2D eigenvalue weighted by molar-refractivity contribution is -0.121. The fraction of sp³-hybridized carbons (Fsp3) is 0.882. The molecule has 0 atom stereocenters. The van der Waals surface area contributed by atoms with Crippen LogP contribution in [0.2, 0.25) is 0 Å². The predicted molar refractivity (Wildman–Crippen MR) is 94.7 cm³/mol. The largest absolute Gasteiger partial charge is 0.378 e. The molecule has 1 saturated carbocycles. The molecule has 0 bridgehead atoms. The molecule has 0 spiro atoms. The Labute approximate surface area is 140 Å². The Morgan fingerprint density at radius 2 is 1.91 bits per heavy atom. The number of rotatable bonds is 8. The number of nitrogens with zero attached hydrogens (tertiary/aromatic N) is 1. The summed E-state index contributed by atoms with van der Waals surface area (Å²) in [6.45, 7) is 10.4. The van der Waals surface area contributed by atoms with Gasteiger partial charge in [0.1, 0.15) is 6.54 Å². The summed E-state index contributed by atoms with van der Waals surface area (Å²) in [6, 6.07) is 0. The van der Waals surface area contributed by atoms with E-state index in [2.05, 4.69) is 20.9 Å². The van der Waals surface area contributed by atoms with Gasteiger partial charge in [-0.1, -0.05) is 12.8 Å². The molecule has 1 amide bonds. The normalized spacial score (nSPS) is 16.4. The van der Waals surface area contributed by atoms with Crippen LogP contribution in [-0.2, 0) is 9.53 Å². The molecule has 0 heterocycles. The van der Waals surface area contributed by atoms with Gasteiger partial charge >= 0.3 is 0 Å². The standard InChI is InChI=1S/C17H34N4O2/c1-5-18-16(20-13-15(22)21-17(2,3)4)19-11-8-12-23-14-9-6-7-10-14/h14H,5-13H2,1-4H3,(H,21,22)(H2,18,19,20). The minimum absolute atomic E-state index is 0.0701. The first-order valence-corrected chi connectivity index (χ1v) is 8.85. The van der Waals surface area contributed by atoms with Crippen molar-refractivity contribution in [2.24, 2.45) is 4.99 Å². The van der Waals surface area contributed by atoms with Gasteiger partial charge in [-0.25, -0.2) is 4.99 Å². The van der Waals surface area contributed by atoms with Gasteiger partial charge in [-0.3, -0.25) is 4.79 Å². The second kappa shape index (κ2) is 10.5. The maximum atomic E-state index is 11.8. The van der Waals surface area contributed by atoms with E-state index in [-0.39, 0.29) is 18.0 Å². The highest BCUT2D eigenvalue weighted by atomic mass is 16.5. The van der Waals surface area contributed by atoms with E-state index in [0.717, 1.165) is 26.1 Å². The summed E-state index contributed by atoms with van der Waals surface area (Å²) < 4.78 is 5.83. The highest BCUT2D eigenvalue weighted by molar-refractivity contribution is 5.85. The fourth-order valence-corrected chi connectivity index (χ4v) is 2.53. The summed E-state index contributed by atoms with van der Waals surface area (Å²) in [5.74, 6) is 0.608. The Hall–Kier alpha value is -1.30. The molecule has 0 saturated heterocycles. The van der Waals surface area contributed by atoms with Gasteiger partial charge in [0.2, 0.25) is 5.91 Å². The molecule has 0 unspecified atom stereocenters. The van der Waals surface area contributed by atoms with Crippen LogP contribution in [-0.4, -0.2) is 49.8 Å². The third kappa shape index (κ3) is 10.2. The number of ether oxygens (including phenoxy) is 1. The highest BCUT2D eigenvalue weighted by Gasteiger charge is 2.15. The SMILES string of the molecule is CCNC(=NCC(=O)NC(C)(C)C)NCCCOC1CCCC1. The summed E-state index contributed by atoms with van der Waals surface area (Å²) in [7, 11) is 0. The molecule has 0 aromatic heterocycles. The van der Waals surface area contributed by atoms with Gasteiger partial charge in [-0.2, -0.15) is 0 Å². The zero-order valence-corrected chi connectivity index (χ0v) is 15.2. The van der Waals surface area contributed by atoms with Crippen LogP contribution >= 0.6 is 0 Å². The molecule has 6 nitrogen and oxygen atoms in total. The number of carbonyl (C=O) groups excluding carboxylic acids is 1. The zero-order valence-electron chi connectivity index (χ0n) is 15.2. The van der Waals surface area contributed by atoms with E-state index in [0.29, 0.717) is 12.1 Å². The molecule has 0 aliphatic heterocycles. The molecule has 6 heteroatoms. The maximum Gasteiger partial charge on any atom is 0.242 e. The molecule has 1 rings (SSSR count). The lowest BCUT2D eigenvalue weighted by atomic mass is 10.1. The van der Waals surface area contributed by atoms with Crippen LogP contribution in [0.1, 0.15) is 59.8 Å². The zero-order chi connectivity index (χ0) is 17.1. The predicted octanol–water partition coefficient (Wildman–Crippen LogP) is 1.81. The topological polar surface area (TPSA) is 74.8 Å². The van der Waals surface area contributed by atoms with Gasteiger partial charge in [-0.05, 0) is 47.0 Å². The van der Waals surface area contributed by atoms with Crippen molar-refractivity contribution in [1.82, 2.24) is 16.0 Å². The molecule has 3 N–H and O–H groups in total. The first kappa shape index (κ1) is 19.7. The van der Waals surface area contributed by atoms with Crippen molar-refractivity contribution in [3.8, 4) is 0 Å².